The molecular weight excluding hydrogens is 364 g/mol. The van der Waals surface area contributed by atoms with Gasteiger partial charge in [0.2, 0.25) is 0 Å². The van der Waals surface area contributed by atoms with Crippen LogP contribution < -0.4 is 9.47 Å². The Kier molecular flexibility index (Phi) is 5.93. The number of ketones is 1. The second kappa shape index (κ2) is 8.22. The van der Waals surface area contributed by atoms with Crippen LogP contribution in [0.15, 0.2) is 30.0 Å². The number of carbonyl (C=O) groups excluding carboxylic acids is 2. The second-order valence-electron chi connectivity index (χ2n) is 7.01. The summed E-state index contributed by atoms with van der Waals surface area (Å²) in [4.78, 5) is 24.7. The van der Waals surface area contributed by atoms with Gasteiger partial charge in [-0.25, -0.2) is 0 Å². The summed E-state index contributed by atoms with van der Waals surface area (Å²) < 4.78 is 27.3. The molecule has 28 heavy (non-hydrogen) atoms. The van der Waals surface area contributed by atoms with Crippen molar-refractivity contribution in [3.8, 4) is 11.5 Å². The summed E-state index contributed by atoms with van der Waals surface area (Å²) in [6, 6.07) is 5.74. The molecule has 0 radical (unpaired) electrons. The number of carbonyl (C=O) groups is 2. The van der Waals surface area contributed by atoms with E-state index >= 15 is 0 Å². The summed E-state index contributed by atoms with van der Waals surface area (Å²) in [5.74, 6) is 0.0496. The molecule has 0 aromatic heterocycles. The summed E-state index contributed by atoms with van der Waals surface area (Å²) >= 11 is 0. The standard InChI is InChI=1S/C21H26O7/c1-5-26-20(23)15-11-21(19(10-16(15)22)27-12-28-21)13(2)8-14-6-7-17(24-3)18(9-14)25-4/h6-7,9-10,13,15H,5,8,11-12H2,1-4H3/t13?,15-,21-/m1/s1. The highest BCUT2D eigenvalue weighted by Crippen LogP contribution is 2.46. The van der Waals surface area contributed by atoms with Crippen LogP contribution in [0.25, 0.3) is 0 Å². The van der Waals surface area contributed by atoms with Crippen molar-refractivity contribution >= 4 is 11.8 Å². The van der Waals surface area contributed by atoms with Crippen LogP contribution in [0.2, 0.25) is 0 Å². The molecule has 3 atom stereocenters. The van der Waals surface area contributed by atoms with Crippen LogP contribution in [0.1, 0.15) is 25.8 Å². The number of rotatable bonds is 7. The van der Waals surface area contributed by atoms with Gasteiger partial charge >= 0.3 is 5.97 Å². The maximum atomic E-state index is 12.4. The van der Waals surface area contributed by atoms with Gasteiger partial charge in [-0.2, -0.15) is 0 Å². The van der Waals surface area contributed by atoms with Crippen LogP contribution in [0.4, 0.5) is 0 Å². The third kappa shape index (κ3) is 3.58. The molecule has 152 valence electrons. The molecule has 1 heterocycles. The first-order chi connectivity index (χ1) is 13.4. The van der Waals surface area contributed by atoms with Crippen LogP contribution >= 0.6 is 0 Å². The van der Waals surface area contributed by atoms with Crippen molar-refractivity contribution in [2.75, 3.05) is 27.6 Å². The molecule has 1 saturated heterocycles. The third-order valence-electron chi connectivity index (χ3n) is 5.43. The summed E-state index contributed by atoms with van der Waals surface area (Å²) in [6.45, 7) is 4.03. The Morgan fingerprint density at radius 3 is 2.71 bits per heavy atom. The summed E-state index contributed by atoms with van der Waals surface area (Å²) in [6.07, 6.45) is 2.25. The van der Waals surface area contributed by atoms with Crippen molar-refractivity contribution in [1.29, 1.82) is 0 Å². The molecule has 1 unspecified atom stereocenters. The zero-order chi connectivity index (χ0) is 20.3. The molecule has 0 bridgehead atoms. The lowest BCUT2D eigenvalue weighted by Crippen LogP contribution is -2.47. The van der Waals surface area contributed by atoms with Gasteiger partial charge in [-0.3, -0.25) is 9.59 Å². The largest absolute Gasteiger partial charge is 0.493 e. The van der Waals surface area contributed by atoms with E-state index in [1.54, 1.807) is 21.1 Å². The highest BCUT2D eigenvalue weighted by Gasteiger charge is 2.53. The summed E-state index contributed by atoms with van der Waals surface area (Å²) in [5.41, 5.74) is 0.192. The monoisotopic (exact) mass is 390 g/mol. The van der Waals surface area contributed by atoms with Gasteiger partial charge in [0.25, 0.3) is 0 Å². The topological polar surface area (TPSA) is 80.3 Å². The fourth-order valence-corrected chi connectivity index (χ4v) is 3.90. The number of esters is 1. The van der Waals surface area contributed by atoms with E-state index in [1.165, 1.54) is 6.08 Å². The Bertz CT molecular complexity index is 785. The minimum atomic E-state index is -0.877. The van der Waals surface area contributed by atoms with Crippen molar-refractivity contribution in [2.24, 2.45) is 11.8 Å². The average molecular weight is 390 g/mol. The zero-order valence-electron chi connectivity index (χ0n) is 16.7. The van der Waals surface area contributed by atoms with E-state index in [4.69, 9.17) is 23.7 Å². The van der Waals surface area contributed by atoms with Crippen LogP contribution in [-0.2, 0) is 30.2 Å². The van der Waals surface area contributed by atoms with E-state index in [0.29, 0.717) is 23.7 Å². The quantitative estimate of drug-likeness (QED) is 0.523. The highest BCUT2D eigenvalue weighted by molar-refractivity contribution is 6.06. The lowest BCUT2D eigenvalue weighted by atomic mass is 9.72. The van der Waals surface area contributed by atoms with Gasteiger partial charge in [-0.15, -0.1) is 0 Å². The highest BCUT2D eigenvalue weighted by atomic mass is 16.7. The SMILES string of the molecule is CCOC(=O)[C@@H]1C[C@]2(C(C)Cc3ccc(OC)c(OC)c3)OCOC2=CC1=O. The minimum absolute atomic E-state index is 0.0515. The number of fused-ring (bicyclic) bond motifs is 1. The van der Waals surface area contributed by atoms with E-state index in [-0.39, 0.29) is 31.5 Å². The first-order valence-corrected chi connectivity index (χ1v) is 9.35. The van der Waals surface area contributed by atoms with E-state index in [2.05, 4.69) is 0 Å². The van der Waals surface area contributed by atoms with Crippen LogP contribution in [-0.4, -0.2) is 45.0 Å². The van der Waals surface area contributed by atoms with Gasteiger partial charge in [0.15, 0.2) is 24.1 Å². The number of methoxy groups -OCH3 is 2. The molecule has 2 aliphatic rings. The smallest absolute Gasteiger partial charge is 0.316 e. The van der Waals surface area contributed by atoms with Crippen LogP contribution in [0.3, 0.4) is 0 Å². The Hall–Kier alpha value is -2.54. The Balaban J connectivity index is 1.86. The number of hydrogen-bond donors (Lipinski definition) is 0. The first-order valence-electron chi connectivity index (χ1n) is 9.35. The zero-order valence-corrected chi connectivity index (χ0v) is 16.7. The van der Waals surface area contributed by atoms with Crippen molar-refractivity contribution < 1.29 is 33.3 Å². The fourth-order valence-electron chi connectivity index (χ4n) is 3.90. The molecule has 0 N–H and O–H groups in total. The number of ether oxygens (including phenoxy) is 5. The van der Waals surface area contributed by atoms with Gasteiger partial charge in [-0.05, 0) is 37.0 Å². The number of allylic oxidation sites excluding steroid dienone is 1. The molecule has 1 aromatic carbocycles. The minimum Gasteiger partial charge on any atom is -0.493 e. The van der Waals surface area contributed by atoms with E-state index in [9.17, 15) is 9.59 Å². The number of benzene rings is 1. The molecule has 3 rings (SSSR count). The van der Waals surface area contributed by atoms with Crippen molar-refractivity contribution in [3.63, 3.8) is 0 Å². The molecule has 7 heteroatoms. The summed E-state index contributed by atoms with van der Waals surface area (Å²) in [7, 11) is 3.18. The second-order valence-corrected chi connectivity index (χ2v) is 7.01. The van der Waals surface area contributed by atoms with Crippen molar-refractivity contribution in [3.05, 3.63) is 35.6 Å². The van der Waals surface area contributed by atoms with Crippen molar-refractivity contribution in [2.45, 2.75) is 32.3 Å². The van der Waals surface area contributed by atoms with Gasteiger partial charge in [0.05, 0.1) is 20.8 Å². The third-order valence-corrected chi connectivity index (χ3v) is 5.43. The van der Waals surface area contributed by atoms with Gasteiger partial charge in [-0.1, -0.05) is 13.0 Å². The number of hydrogen-bond acceptors (Lipinski definition) is 7. The first kappa shape index (κ1) is 20.2. The molecule has 7 nitrogen and oxygen atoms in total. The molecule has 1 aliphatic heterocycles. The van der Waals surface area contributed by atoms with Gasteiger partial charge in [0, 0.05) is 12.5 Å². The maximum Gasteiger partial charge on any atom is 0.316 e. The molecule has 1 aliphatic carbocycles. The van der Waals surface area contributed by atoms with E-state index in [1.807, 2.05) is 25.1 Å². The lowest BCUT2D eigenvalue weighted by molar-refractivity contribution is -0.155. The maximum absolute atomic E-state index is 12.4. The Labute approximate surface area is 164 Å². The molecular formula is C21H26O7. The normalized spacial score (nSPS) is 24.6. The van der Waals surface area contributed by atoms with Crippen LogP contribution in [0, 0.1) is 11.8 Å². The predicted octanol–water partition coefficient (Wildman–Crippen LogP) is 2.66. The van der Waals surface area contributed by atoms with Gasteiger partial charge in [0.1, 0.15) is 17.3 Å². The predicted molar refractivity (Wildman–Crippen MR) is 100 cm³/mol. The molecule has 0 amide bonds. The Morgan fingerprint density at radius 1 is 1.29 bits per heavy atom. The molecule has 0 saturated carbocycles. The fraction of sp³-hybridized carbons (Fsp3) is 0.524. The van der Waals surface area contributed by atoms with E-state index in [0.717, 1.165) is 5.56 Å². The molecule has 1 aromatic rings. The Morgan fingerprint density at radius 2 is 2.04 bits per heavy atom. The van der Waals surface area contributed by atoms with Gasteiger partial charge < -0.3 is 23.7 Å². The lowest BCUT2D eigenvalue weighted by Gasteiger charge is -2.37. The van der Waals surface area contributed by atoms with E-state index < -0.39 is 17.5 Å². The van der Waals surface area contributed by atoms with Crippen LogP contribution in [0.5, 0.6) is 11.5 Å². The average Bonchev–Trinajstić information content (AvgIpc) is 3.11. The summed E-state index contributed by atoms with van der Waals surface area (Å²) in [5, 5.41) is 0. The molecule has 1 fully saturated rings. The van der Waals surface area contributed by atoms with Crippen molar-refractivity contribution in [1.82, 2.24) is 0 Å². The molecule has 0 spiro atoms.